The van der Waals surface area contributed by atoms with Crippen molar-refractivity contribution < 1.29 is 9.53 Å². The summed E-state index contributed by atoms with van der Waals surface area (Å²) in [7, 11) is 0. The molecule has 0 saturated heterocycles. The molecular weight excluding hydrogens is 262 g/mol. The van der Waals surface area contributed by atoms with Gasteiger partial charge in [0, 0.05) is 11.1 Å². The van der Waals surface area contributed by atoms with E-state index in [2.05, 4.69) is 20.8 Å². The van der Waals surface area contributed by atoms with Crippen molar-refractivity contribution in [3.8, 4) is 0 Å². The molecule has 3 unspecified atom stereocenters. The van der Waals surface area contributed by atoms with E-state index in [4.69, 9.17) is 10.5 Å². The number of esters is 1. The Balaban J connectivity index is 1.80. The zero-order valence-corrected chi connectivity index (χ0v) is 13.4. The highest BCUT2D eigenvalue weighted by atomic mass is 16.5. The second-order valence-corrected chi connectivity index (χ2v) is 7.58. The molecule has 3 atom stereocenters. The molecule has 0 amide bonds. The molecule has 0 aromatic heterocycles. The lowest BCUT2D eigenvalue weighted by atomic mass is 9.70. The monoisotopic (exact) mass is 287 g/mol. The summed E-state index contributed by atoms with van der Waals surface area (Å²) < 4.78 is 5.91. The van der Waals surface area contributed by atoms with E-state index in [-0.39, 0.29) is 22.9 Å². The largest absolute Gasteiger partial charge is 0.458 e. The maximum atomic E-state index is 12.5. The number of nitrogen functional groups attached to an aromatic ring is 1. The standard InChI is InChI=1S/C18H25NO2/c1-11-9-13(19)5-6-14(11)16(20)21-15-10-12-7-8-18(15,4)17(12,2)3/h5-6,9,12,15H,7-8,10,19H2,1-4H3. The number of rotatable bonds is 2. The van der Waals surface area contributed by atoms with E-state index in [0.29, 0.717) is 17.2 Å². The first kappa shape index (κ1) is 14.4. The predicted octanol–water partition coefficient (Wildman–Crippen LogP) is 3.95. The molecule has 0 radical (unpaired) electrons. The van der Waals surface area contributed by atoms with Crippen LogP contribution in [0.1, 0.15) is 56.0 Å². The van der Waals surface area contributed by atoms with Crippen LogP contribution in [0.25, 0.3) is 0 Å². The van der Waals surface area contributed by atoms with Gasteiger partial charge in [0.2, 0.25) is 0 Å². The van der Waals surface area contributed by atoms with Crippen LogP contribution in [0.5, 0.6) is 0 Å². The predicted molar refractivity (Wildman–Crippen MR) is 84.0 cm³/mol. The molecule has 2 saturated carbocycles. The van der Waals surface area contributed by atoms with Crippen LogP contribution in [0.3, 0.4) is 0 Å². The lowest BCUT2D eigenvalue weighted by Gasteiger charge is -2.38. The fourth-order valence-corrected chi connectivity index (χ4v) is 4.42. The van der Waals surface area contributed by atoms with Crippen LogP contribution in [0.2, 0.25) is 0 Å². The summed E-state index contributed by atoms with van der Waals surface area (Å²) in [5.41, 5.74) is 8.30. The average Bonchev–Trinajstić information content (AvgIpc) is 2.71. The normalized spacial score (nSPS) is 33.1. The van der Waals surface area contributed by atoms with Crippen molar-refractivity contribution in [2.75, 3.05) is 5.73 Å². The third kappa shape index (κ3) is 1.97. The molecule has 0 spiro atoms. The van der Waals surface area contributed by atoms with E-state index in [9.17, 15) is 4.79 Å². The molecule has 21 heavy (non-hydrogen) atoms. The van der Waals surface area contributed by atoms with Gasteiger partial charge in [0.15, 0.2) is 0 Å². The zero-order valence-electron chi connectivity index (χ0n) is 13.4. The van der Waals surface area contributed by atoms with Gasteiger partial charge in [0.1, 0.15) is 6.10 Å². The molecule has 1 aromatic carbocycles. The lowest BCUT2D eigenvalue weighted by molar-refractivity contribution is -0.0243. The second-order valence-electron chi connectivity index (χ2n) is 7.58. The highest BCUT2D eigenvalue weighted by Gasteiger charge is 2.62. The summed E-state index contributed by atoms with van der Waals surface area (Å²) in [4.78, 5) is 12.5. The lowest BCUT2D eigenvalue weighted by Crippen LogP contribution is -2.38. The van der Waals surface area contributed by atoms with Gasteiger partial charge in [-0.05, 0) is 61.3 Å². The Morgan fingerprint density at radius 3 is 2.57 bits per heavy atom. The molecule has 2 N–H and O–H groups in total. The summed E-state index contributed by atoms with van der Waals surface area (Å²) in [5.74, 6) is 0.467. The van der Waals surface area contributed by atoms with Gasteiger partial charge in [-0.2, -0.15) is 0 Å². The van der Waals surface area contributed by atoms with Gasteiger partial charge in [-0.1, -0.05) is 20.8 Å². The van der Waals surface area contributed by atoms with Crippen LogP contribution in [0.15, 0.2) is 18.2 Å². The first-order chi connectivity index (χ1) is 9.75. The molecule has 3 heteroatoms. The van der Waals surface area contributed by atoms with Crippen LogP contribution >= 0.6 is 0 Å². The molecule has 2 bridgehead atoms. The van der Waals surface area contributed by atoms with E-state index in [1.54, 1.807) is 12.1 Å². The summed E-state index contributed by atoms with van der Waals surface area (Å²) in [6, 6.07) is 5.35. The number of nitrogens with two attached hydrogens (primary N) is 1. The van der Waals surface area contributed by atoms with Crippen molar-refractivity contribution in [1.82, 2.24) is 0 Å². The van der Waals surface area contributed by atoms with Crippen molar-refractivity contribution in [3.05, 3.63) is 29.3 Å². The number of benzene rings is 1. The van der Waals surface area contributed by atoms with Crippen molar-refractivity contribution in [3.63, 3.8) is 0 Å². The number of hydrogen-bond acceptors (Lipinski definition) is 3. The molecule has 2 aliphatic rings. The summed E-state index contributed by atoms with van der Waals surface area (Å²) in [6.07, 6.45) is 3.46. The quantitative estimate of drug-likeness (QED) is 0.662. The maximum Gasteiger partial charge on any atom is 0.338 e. The Morgan fingerprint density at radius 1 is 1.33 bits per heavy atom. The third-order valence-electron chi connectivity index (χ3n) is 6.43. The van der Waals surface area contributed by atoms with Gasteiger partial charge >= 0.3 is 5.97 Å². The minimum absolute atomic E-state index is 0.0377. The number of ether oxygens (including phenoxy) is 1. The van der Waals surface area contributed by atoms with Crippen LogP contribution < -0.4 is 5.73 Å². The van der Waals surface area contributed by atoms with Crippen molar-refractivity contribution >= 4 is 11.7 Å². The van der Waals surface area contributed by atoms with Crippen molar-refractivity contribution in [2.24, 2.45) is 16.7 Å². The van der Waals surface area contributed by atoms with Gasteiger partial charge in [-0.15, -0.1) is 0 Å². The molecular formula is C18H25NO2. The third-order valence-corrected chi connectivity index (χ3v) is 6.43. The van der Waals surface area contributed by atoms with E-state index in [1.165, 1.54) is 6.42 Å². The highest BCUT2D eigenvalue weighted by Crippen LogP contribution is 2.66. The molecule has 114 valence electrons. The SMILES string of the molecule is Cc1cc(N)ccc1C(=O)OC1CC2CCC1(C)C2(C)C. The van der Waals surface area contributed by atoms with Crippen LogP contribution in [0, 0.1) is 23.7 Å². The van der Waals surface area contributed by atoms with Gasteiger partial charge < -0.3 is 10.5 Å². The Bertz CT molecular complexity index is 593. The fraction of sp³-hybridized carbons (Fsp3) is 0.611. The number of anilines is 1. The zero-order chi connectivity index (χ0) is 15.4. The first-order valence-electron chi connectivity index (χ1n) is 7.83. The van der Waals surface area contributed by atoms with Crippen LogP contribution in [0.4, 0.5) is 5.69 Å². The second kappa shape index (κ2) is 4.49. The first-order valence-corrected chi connectivity index (χ1v) is 7.83. The Kier molecular flexibility index (Phi) is 3.09. The van der Waals surface area contributed by atoms with Gasteiger partial charge in [0.25, 0.3) is 0 Å². The molecule has 2 fully saturated rings. The molecule has 3 nitrogen and oxygen atoms in total. The Morgan fingerprint density at radius 2 is 2.05 bits per heavy atom. The van der Waals surface area contributed by atoms with Crippen LogP contribution in [-0.2, 0) is 4.74 Å². The number of hydrogen-bond donors (Lipinski definition) is 1. The molecule has 2 aliphatic carbocycles. The topological polar surface area (TPSA) is 52.3 Å². The summed E-state index contributed by atoms with van der Waals surface area (Å²) in [6.45, 7) is 8.84. The average molecular weight is 287 g/mol. The maximum absolute atomic E-state index is 12.5. The van der Waals surface area contributed by atoms with Gasteiger partial charge in [-0.25, -0.2) is 4.79 Å². The highest BCUT2D eigenvalue weighted by molar-refractivity contribution is 5.91. The number of carbonyl (C=O) groups excluding carboxylic acids is 1. The summed E-state index contributed by atoms with van der Waals surface area (Å²) >= 11 is 0. The smallest absolute Gasteiger partial charge is 0.338 e. The Labute approximate surface area is 126 Å². The minimum Gasteiger partial charge on any atom is -0.458 e. The van der Waals surface area contributed by atoms with E-state index in [0.717, 1.165) is 18.4 Å². The van der Waals surface area contributed by atoms with Crippen molar-refractivity contribution in [2.45, 2.75) is 53.1 Å². The molecule has 0 heterocycles. The van der Waals surface area contributed by atoms with Crippen molar-refractivity contribution in [1.29, 1.82) is 0 Å². The van der Waals surface area contributed by atoms with Gasteiger partial charge in [-0.3, -0.25) is 0 Å². The Hall–Kier alpha value is -1.51. The molecule has 3 rings (SSSR count). The number of aryl methyl sites for hydroxylation is 1. The fourth-order valence-electron chi connectivity index (χ4n) is 4.42. The van der Waals surface area contributed by atoms with Gasteiger partial charge in [0.05, 0.1) is 5.56 Å². The van der Waals surface area contributed by atoms with E-state index in [1.807, 2.05) is 13.0 Å². The van der Waals surface area contributed by atoms with E-state index < -0.39 is 0 Å². The molecule has 1 aromatic rings. The van der Waals surface area contributed by atoms with E-state index >= 15 is 0 Å². The minimum atomic E-state index is -0.206. The number of carbonyl (C=O) groups is 1. The molecule has 0 aliphatic heterocycles. The van der Waals surface area contributed by atoms with Crippen LogP contribution in [-0.4, -0.2) is 12.1 Å². The summed E-state index contributed by atoms with van der Waals surface area (Å²) in [5, 5.41) is 0. The number of fused-ring (bicyclic) bond motifs is 2.